The van der Waals surface area contributed by atoms with E-state index in [1.54, 1.807) is 0 Å². The van der Waals surface area contributed by atoms with Crippen LogP contribution in [-0.2, 0) is 9.47 Å². The fourth-order valence-corrected chi connectivity index (χ4v) is 1.74. The van der Waals surface area contributed by atoms with E-state index in [-0.39, 0.29) is 19.4 Å². The number of aliphatic imine (C=N–C) groups is 1. The van der Waals surface area contributed by atoms with Crippen LogP contribution in [0.15, 0.2) is 17.6 Å². The topological polar surface area (TPSA) is 51.1 Å². The van der Waals surface area contributed by atoms with E-state index in [0.717, 1.165) is 18.9 Å². The van der Waals surface area contributed by atoms with E-state index >= 15 is 0 Å². The van der Waals surface area contributed by atoms with Crippen LogP contribution in [0.5, 0.6) is 0 Å². The first-order valence-electron chi connectivity index (χ1n) is 6.14. The number of nitrogens with zero attached hydrogens (tertiary/aromatic N) is 2. The van der Waals surface area contributed by atoms with Gasteiger partial charge in [0.1, 0.15) is 12.4 Å². The quantitative estimate of drug-likeness (QED) is 0.440. The summed E-state index contributed by atoms with van der Waals surface area (Å²) >= 11 is 0. The van der Waals surface area contributed by atoms with Crippen molar-refractivity contribution in [2.75, 3.05) is 32.9 Å². The molecule has 1 fully saturated rings. The van der Waals surface area contributed by atoms with Crippen molar-refractivity contribution in [2.24, 2.45) is 10.4 Å². The summed E-state index contributed by atoms with van der Waals surface area (Å²) in [5.74, 6) is 0.750. The van der Waals surface area contributed by atoms with Crippen molar-refractivity contribution in [1.82, 2.24) is 4.90 Å². The molecule has 0 radical (unpaired) electrons. The molecule has 19 heavy (non-hydrogen) atoms. The molecule has 1 saturated heterocycles. The highest BCUT2D eigenvalue weighted by molar-refractivity contribution is 5.95. The fraction of sp³-hybridized carbons (Fsp3) is 0.714. The molecule has 0 aromatic heterocycles. The molecule has 1 heterocycles. The zero-order valence-electron chi connectivity index (χ0n) is 11.4. The van der Waals surface area contributed by atoms with Gasteiger partial charge in [-0.1, -0.05) is 40.9 Å². The molecular weight excluding hydrogens is 244 g/mol. The zero-order chi connectivity index (χ0) is 13.6. The van der Waals surface area contributed by atoms with E-state index in [4.69, 9.17) is 9.47 Å². The van der Waals surface area contributed by atoms with E-state index < -0.39 is 6.09 Å². The molecule has 0 unspecified atom stereocenters. The number of carbonyl (C=O) groups is 1. The minimum absolute atomic E-state index is 0. The molecule has 0 N–H and O–H groups in total. The normalized spacial score (nSPS) is 16.6. The summed E-state index contributed by atoms with van der Waals surface area (Å²) in [6.07, 6.45) is 0.963. The molecule has 0 aliphatic carbocycles. The first kappa shape index (κ1) is 17.6. The number of amides is 1. The third-order valence-electron chi connectivity index (χ3n) is 2.50. The van der Waals surface area contributed by atoms with Crippen LogP contribution in [-0.4, -0.2) is 49.7 Å². The third-order valence-corrected chi connectivity index (χ3v) is 2.50. The Morgan fingerprint density at radius 2 is 2.00 bits per heavy atom. The van der Waals surface area contributed by atoms with Crippen molar-refractivity contribution < 1.29 is 14.3 Å². The zero-order valence-corrected chi connectivity index (χ0v) is 11.4. The van der Waals surface area contributed by atoms with Crippen molar-refractivity contribution in [3.8, 4) is 0 Å². The summed E-state index contributed by atoms with van der Waals surface area (Å²) in [4.78, 5) is 17.8. The number of rotatable bonds is 2. The van der Waals surface area contributed by atoms with Gasteiger partial charge in [-0.3, -0.25) is 0 Å². The van der Waals surface area contributed by atoms with Gasteiger partial charge in [0.05, 0.1) is 13.2 Å². The number of morpholine rings is 1. The van der Waals surface area contributed by atoms with Crippen LogP contribution in [0.1, 0.15) is 28.2 Å². The van der Waals surface area contributed by atoms with E-state index in [2.05, 4.69) is 16.5 Å². The minimum atomic E-state index is -0.564. The first-order chi connectivity index (χ1) is 8.45. The van der Waals surface area contributed by atoms with Crippen molar-refractivity contribution in [2.45, 2.75) is 28.2 Å². The Balaban J connectivity index is 0.00000324. The Bertz CT molecular complexity index is 326. The van der Waals surface area contributed by atoms with Gasteiger partial charge in [0.15, 0.2) is 0 Å². The van der Waals surface area contributed by atoms with Crippen LogP contribution in [0, 0.1) is 5.41 Å². The molecule has 0 saturated carbocycles. The van der Waals surface area contributed by atoms with Gasteiger partial charge in [-0.2, -0.15) is 4.99 Å². The van der Waals surface area contributed by atoms with E-state index in [1.807, 2.05) is 20.8 Å². The lowest BCUT2D eigenvalue weighted by Gasteiger charge is -2.35. The van der Waals surface area contributed by atoms with Gasteiger partial charge in [0, 0.05) is 18.5 Å². The van der Waals surface area contributed by atoms with Crippen LogP contribution < -0.4 is 0 Å². The van der Waals surface area contributed by atoms with Gasteiger partial charge in [-0.25, -0.2) is 4.79 Å². The molecule has 0 spiro atoms. The SMILES string of the molecule is C.C=CCOC(=O)N=C(N1CCOCC1)C(C)(C)C. The summed E-state index contributed by atoms with van der Waals surface area (Å²) in [7, 11) is 0. The fourth-order valence-electron chi connectivity index (χ4n) is 1.74. The predicted molar refractivity (Wildman–Crippen MR) is 77.6 cm³/mol. The average molecular weight is 270 g/mol. The molecule has 0 bridgehead atoms. The van der Waals surface area contributed by atoms with Crippen molar-refractivity contribution >= 4 is 11.9 Å². The maximum atomic E-state index is 11.6. The van der Waals surface area contributed by atoms with Crippen LogP contribution in [0.3, 0.4) is 0 Å². The highest BCUT2D eigenvalue weighted by Crippen LogP contribution is 2.20. The average Bonchev–Trinajstić information content (AvgIpc) is 2.33. The summed E-state index contributed by atoms with van der Waals surface area (Å²) < 4.78 is 10.2. The molecule has 5 nitrogen and oxygen atoms in total. The first-order valence-corrected chi connectivity index (χ1v) is 6.14. The Morgan fingerprint density at radius 1 is 1.42 bits per heavy atom. The summed E-state index contributed by atoms with van der Waals surface area (Å²) in [6, 6.07) is 0. The monoisotopic (exact) mass is 270 g/mol. The number of hydrogen-bond acceptors (Lipinski definition) is 3. The van der Waals surface area contributed by atoms with E-state index in [9.17, 15) is 4.79 Å². The Labute approximate surface area is 116 Å². The number of hydrogen-bond donors (Lipinski definition) is 0. The molecule has 0 aromatic rings. The maximum Gasteiger partial charge on any atom is 0.435 e. The van der Waals surface area contributed by atoms with Gasteiger partial charge >= 0.3 is 6.09 Å². The van der Waals surface area contributed by atoms with Crippen molar-refractivity contribution in [3.63, 3.8) is 0 Å². The van der Waals surface area contributed by atoms with Crippen molar-refractivity contribution in [3.05, 3.63) is 12.7 Å². The molecule has 0 aromatic carbocycles. The summed E-state index contributed by atoms with van der Waals surface area (Å²) in [5, 5.41) is 0. The highest BCUT2D eigenvalue weighted by Gasteiger charge is 2.27. The van der Waals surface area contributed by atoms with Crippen LogP contribution >= 0.6 is 0 Å². The van der Waals surface area contributed by atoms with E-state index in [1.165, 1.54) is 6.08 Å². The standard InChI is InChI=1S/C13H22N2O3.CH4/c1-5-8-18-12(16)14-11(13(2,3)4)15-6-9-17-10-7-15;/h5H,1,6-10H2,2-4H3;1H4. The third kappa shape index (κ3) is 5.87. The largest absolute Gasteiger partial charge is 0.444 e. The van der Waals surface area contributed by atoms with Crippen LogP contribution in [0.25, 0.3) is 0 Å². The minimum Gasteiger partial charge on any atom is -0.444 e. The second-order valence-corrected chi connectivity index (χ2v) is 5.15. The molecular formula is C14H26N2O3. The second-order valence-electron chi connectivity index (χ2n) is 5.15. The smallest absolute Gasteiger partial charge is 0.435 e. The molecule has 110 valence electrons. The lowest BCUT2D eigenvalue weighted by atomic mass is 9.93. The number of carbonyl (C=O) groups excluding carboxylic acids is 1. The molecule has 1 aliphatic heterocycles. The van der Waals surface area contributed by atoms with Crippen molar-refractivity contribution in [1.29, 1.82) is 0 Å². The molecule has 1 rings (SSSR count). The molecule has 5 heteroatoms. The second kappa shape index (κ2) is 7.94. The maximum absolute atomic E-state index is 11.6. The molecule has 1 amide bonds. The highest BCUT2D eigenvalue weighted by atomic mass is 16.5. The van der Waals surface area contributed by atoms with Gasteiger partial charge < -0.3 is 14.4 Å². The van der Waals surface area contributed by atoms with Gasteiger partial charge in [0.2, 0.25) is 0 Å². The van der Waals surface area contributed by atoms with Crippen LogP contribution in [0.4, 0.5) is 4.79 Å². The lowest BCUT2D eigenvalue weighted by molar-refractivity contribution is 0.0643. The van der Waals surface area contributed by atoms with Gasteiger partial charge in [-0.05, 0) is 0 Å². The predicted octanol–water partition coefficient (Wildman–Crippen LogP) is 2.72. The Kier molecular flexibility index (Phi) is 7.37. The molecule has 0 atom stereocenters. The number of amidine groups is 1. The molecule has 1 aliphatic rings. The van der Waals surface area contributed by atoms with Gasteiger partial charge in [-0.15, -0.1) is 0 Å². The summed E-state index contributed by atoms with van der Waals surface area (Å²) in [5.41, 5.74) is -0.204. The number of ether oxygens (including phenoxy) is 2. The Morgan fingerprint density at radius 3 is 2.47 bits per heavy atom. The van der Waals surface area contributed by atoms with Gasteiger partial charge in [0.25, 0.3) is 0 Å². The Hall–Kier alpha value is -1.36. The van der Waals surface area contributed by atoms with Crippen LogP contribution in [0.2, 0.25) is 0 Å². The lowest BCUT2D eigenvalue weighted by Crippen LogP contribution is -2.46. The van der Waals surface area contributed by atoms with E-state index in [0.29, 0.717) is 13.2 Å². The summed E-state index contributed by atoms with van der Waals surface area (Å²) in [6.45, 7) is 12.6.